The first-order valence-electron chi connectivity index (χ1n) is 4.62. The molecule has 0 aliphatic carbocycles. The van der Waals surface area contributed by atoms with E-state index in [4.69, 9.17) is 33.0 Å². The summed E-state index contributed by atoms with van der Waals surface area (Å²) in [4.78, 5) is 11.1. The average molecular weight is 272 g/mol. The highest BCUT2D eigenvalue weighted by atomic mass is 35.5. The van der Waals surface area contributed by atoms with Gasteiger partial charge < -0.3 is 9.84 Å². The highest BCUT2D eigenvalue weighted by Gasteiger charge is 2.08. The number of benzene rings is 1. The summed E-state index contributed by atoms with van der Waals surface area (Å²) >= 11 is 11.2. The fourth-order valence-corrected chi connectivity index (χ4v) is 1.53. The van der Waals surface area contributed by atoms with Crippen LogP contribution in [0.25, 0.3) is 0 Å². The van der Waals surface area contributed by atoms with Crippen LogP contribution in [0.5, 0.6) is 11.8 Å². The number of aliphatic hydroxyl groups excluding tert-OH is 1. The minimum absolute atomic E-state index is 0.0177. The van der Waals surface area contributed by atoms with Crippen LogP contribution in [0, 0.1) is 0 Å². The van der Waals surface area contributed by atoms with Gasteiger partial charge in [-0.2, -0.15) is 15.0 Å². The lowest BCUT2D eigenvalue weighted by Crippen LogP contribution is -1.97. The van der Waals surface area contributed by atoms with Gasteiger partial charge in [-0.15, -0.1) is 0 Å². The fraction of sp³-hybridized carbons (Fsp3) is 0.100. The molecule has 0 saturated carbocycles. The number of nitrogens with zero attached hydrogens (tertiary/aromatic N) is 3. The summed E-state index contributed by atoms with van der Waals surface area (Å²) in [6.45, 7) is -0.150. The molecule has 0 amide bonds. The first-order chi connectivity index (χ1) is 8.19. The van der Waals surface area contributed by atoms with Crippen LogP contribution in [0.15, 0.2) is 24.3 Å². The molecule has 0 atom stereocenters. The Hall–Kier alpha value is -1.43. The summed E-state index contributed by atoms with van der Waals surface area (Å²) in [6, 6.07) is 6.93. The Labute approximate surface area is 107 Å². The summed E-state index contributed by atoms with van der Waals surface area (Å²) in [5, 5.41) is 9.01. The molecule has 1 heterocycles. The standard InChI is InChI=1S/C10H7Cl2N3O2/c11-8-13-9(12)15-10(14-8)17-7-4-2-1-3-6(7)5-16/h1-4,16H,5H2. The first-order valence-corrected chi connectivity index (χ1v) is 5.38. The maximum atomic E-state index is 9.12. The van der Waals surface area contributed by atoms with E-state index >= 15 is 0 Å². The second kappa shape index (κ2) is 5.27. The molecule has 2 aromatic rings. The lowest BCUT2D eigenvalue weighted by atomic mass is 10.2. The highest BCUT2D eigenvalue weighted by molar-refractivity contribution is 6.31. The Morgan fingerprint density at radius 3 is 2.35 bits per heavy atom. The molecule has 0 saturated heterocycles. The van der Waals surface area contributed by atoms with Crippen molar-refractivity contribution >= 4 is 23.2 Å². The van der Waals surface area contributed by atoms with Crippen molar-refractivity contribution in [3.63, 3.8) is 0 Å². The van der Waals surface area contributed by atoms with Crippen molar-refractivity contribution in [1.82, 2.24) is 15.0 Å². The van der Waals surface area contributed by atoms with Gasteiger partial charge >= 0.3 is 6.01 Å². The van der Waals surface area contributed by atoms with Gasteiger partial charge in [-0.05, 0) is 29.3 Å². The second-order valence-corrected chi connectivity index (χ2v) is 3.70. The van der Waals surface area contributed by atoms with Crippen LogP contribution in [0.3, 0.4) is 0 Å². The molecule has 0 fully saturated rings. The smallest absolute Gasteiger partial charge is 0.327 e. The Balaban J connectivity index is 2.31. The lowest BCUT2D eigenvalue weighted by molar-refractivity contribution is 0.275. The lowest BCUT2D eigenvalue weighted by Gasteiger charge is -2.07. The molecule has 17 heavy (non-hydrogen) atoms. The molecule has 0 bridgehead atoms. The number of rotatable bonds is 3. The Morgan fingerprint density at radius 1 is 1.06 bits per heavy atom. The molecule has 0 aliphatic heterocycles. The molecule has 1 N–H and O–H groups in total. The van der Waals surface area contributed by atoms with E-state index in [9.17, 15) is 0 Å². The molecule has 0 spiro atoms. The largest absolute Gasteiger partial charge is 0.424 e. The highest BCUT2D eigenvalue weighted by Crippen LogP contribution is 2.23. The zero-order chi connectivity index (χ0) is 12.3. The summed E-state index contributed by atoms with van der Waals surface area (Å²) in [7, 11) is 0. The predicted octanol–water partition coefficient (Wildman–Crippen LogP) is 2.46. The molecule has 2 rings (SSSR count). The Bertz CT molecular complexity index is 516. The number of hydrogen-bond acceptors (Lipinski definition) is 5. The van der Waals surface area contributed by atoms with Gasteiger partial charge in [0.05, 0.1) is 6.61 Å². The maximum absolute atomic E-state index is 9.12. The molecule has 1 aromatic carbocycles. The third kappa shape index (κ3) is 3.03. The molecule has 0 aliphatic rings. The van der Waals surface area contributed by atoms with E-state index in [0.717, 1.165) is 0 Å². The number of halogens is 2. The van der Waals surface area contributed by atoms with Crippen molar-refractivity contribution in [2.75, 3.05) is 0 Å². The van der Waals surface area contributed by atoms with Gasteiger partial charge in [-0.25, -0.2) is 0 Å². The fourth-order valence-electron chi connectivity index (χ4n) is 1.19. The molecule has 0 unspecified atom stereocenters. The maximum Gasteiger partial charge on any atom is 0.327 e. The van der Waals surface area contributed by atoms with Gasteiger partial charge in [0, 0.05) is 5.56 Å². The number of aromatic nitrogens is 3. The van der Waals surface area contributed by atoms with Crippen LogP contribution in [-0.4, -0.2) is 20.1 Å². The quantitative estimate of drug-likeness (QED) is 0.929. The second-order valence-electron chi connectivity index (χ2n) is 3.02. The average Bonchev–Trinajstić information content (AvgIpc) is 2.28. The van der Waals surface area contributed by atoms with Gasteiger partial charge in [0.25, 0.3) is 0 Å². The zero-order valence-electron chi connectivity index (χ0n) is 8.47. The van der Waals surface area contributed by atoms with E-state index in [1.807, 2.05) is 0 Å². The molecular weight excluding hydrogens is 265 g/mol. The summed E-state index contributed by atoms with van der Waals surface area (Å²) < 4.78 is 5.37. The minimum Gasteiger partial charge on any atom is -0.424 e. The monoisotopic (exact) mass is 271 g/mol. The molecule has 88 valence electrons. The first kappa shape index (κ1) is 12.0. The summed E-state index contributed by atoms with van der Waals surface area (Å²) in [6.07, 6.45) is 0. The van der Waals surface area contributed by atoms with E-state index in [-0.39, 0.29) is 23.2 Å². The van der Waals surface area contributed by atoms with Gasteiger partial charge in [0.15, 0.2) is 0 Å². The third-order valence-electron chi connectivity index (χ3n) is 1.90. The van der Waals surface area contributed by atoms with E-state index in [0.29, 0.717) is 11.3 Å². The van der Waals surface area contributed by atoms with Crippen LogP contribution >= 0.6 is 23.2 Å². The summed E-state index contributed by atoms with van der Waals surface area (Å²) in [5.74, 6) is 0.438. The van der Waals surface area contributed by atoms with Crippen molar-refractivity contribution < 1.29 is 9.84 Å². The van der Waals surface area contributed by atoms with Crippen LogP contribution in [0.4, 0.5) is 0 Å². The van der Waals surface area contributed by atoms with Crippen molar-refractivity contribution in [1.29, 1.82) is 0 Å². The van der Waals surface area contributed by atoms with E-state index in [2.05, 4.69) is 15.0 Å². The molecule has 7 heteroatoms. The van der Waals surface area contributed by atoms with E-state index < -0.39 is 0 Å². The van der Waals surface area contributed by atoms with Crippen LogP contribution in [0.1, 0.15) is 5.56 Å². The number of para-hydroxylation sites is 1. The summed E-state index contributed by atoms with van der Waals surface area (Å²) in [5.41, 5.74) is 0.611. The Kier molecular flexibility index (Phi) is 3.73. The molecule has 0 radical (unpaired) electrons. The third-order valence-corrected chi connectivity index (χ3v) is 2.24. The normalized spacial score (nSPS) is 10.3. The number of hydrogen-bond donors (Lipinski definition) is 1. The van der Waals surface area contributed by atoms with Gasteiger partial charge in [-0.3, -0.25) is 0 Å². The molecule has 1 aromatic heterocycles. The number of aliphatic hydroxyl groups is 1. The van der Waals surface area contributed by atoms with Crippen molar-refractivity contribution in [2.24, 2.45) is 0 Å². The predicted molar refractivity (Wildman–Crippen MR) is 62.3 cm³/mol. The molecule has 5 nitrogen and oxygen atoms in total. The Morgan fingerprint density at radius 2 is 1.71 bits per heavy atom. The SMILES string of the molecule is OCc1ccccc1Oc1nc(Cl)nc(Cl)n1. The van der Waals surface area contributed by atoms with Gasteiger partial charge in [0.1, 0.15) is 5.75 Å². The minimum atomic E-state index is -0.150. The van der Waals surface area contributed by atoms with Gasteiger partial charge in [0.2, 0.25) is 10.6 Å². The van der Waals surface area contributed by atoms with Crippen LogP contribution < -0.4 is 4.74 Å². The van der Waals surface area contributed by atoms with E-state index in [1.165, 1.54) is 0 Å². The molecular formula is C10H7Cl2N3O2. The van der Waals surface area contributed by atoms with Crippen molar-refractivity contribution in [2.45, 2.75) is 6.61 Å². The van der Waals surface area contributed by atoms with Crippen molar-refractivity contribution in [3.05, 3.63) is 40.4 Å². The number of ether oxygens (including phenoxy) is 1. The topological polar surface area (TPSA) is 68.1 Å². The van der Waals surface area contributed by atoms with Crippen LogP contribution in [-0.2, 0) is 6.61 Å². The van der Waals surface area contributed by atoms with Gasteiger partial charge in [-0.1, -0.05) is 18.2 Å². The van der Waals surface area contributed by atoms with Crippen LogP contribution in [0.2, 0.25) is 10.6 Å². The van der Waals surface area contributed by atoms with E-state index in [1.54, 1.807) is 24.3 Å². The van der Waals surface area contributed by atoms with Crippen molar-refractivity contribution in [3.8, 4) is 11.8 Å². The zero-order valence-corrected chi connectivity index (χ0v) is 9.98.